The molecule has 0 radical (unpaired) electrons. The number of rotatable bonds is 51. The Kier molecular flexibility index (Phi) is 49.5. The molecule has 0 amide bonds. The predicted octanol–water partition coefficient (Wildman–Crippen LogP) is 16.2. The molecule has 0 aromatic heterocycles. The molecule has 1 fully saturated rings. The topological polar surface area (TPSA) is 175 Å². The molecule has 6 atom stereocenters. The second kappa shape index (κ2) is 54.0. The minimum Gasteiger partial charge on any atom is -0.479 e. The van der Waals surface area contributed by atoms with Gasteiger partial charge in [0.25, 0.3) is 0 Å². The molecule has 1 aliphatic rings. The summed E-state index contributed by atoms with van der Waals surface area (Å²) in [5.41, 5.74) is 0. The van der Waals surface area contributed by atoms with E-state index in [9.17, 15) is 34.5 Å². The first kappa shape index (κ1) is 72.4. The fourth-order valence-corrected chi connectivity index (χ4v) is 8.64. The van der Waals surface area contributed by atoms with Gasteiger partial charge in [-0.1, -0.05) is 207 Å². The summed E-state index contributed by atoms with van der Waals surface area (Å²) in [4.78, 5) is 51.2. The lowest BCUT2D eigenvalue weighted by atomic mass is 9.98. The third kappa shape index (κ3) is 43.8. The summed E-state index contributed by atoms with van der Waals surface area (Å²) in [7, 11) is 0. The fourth-order valence-electron chi connectivity index (χ4n) is 8.64. The summed E-state index contributed by atoms with van der Waals surface area (Å²) < 4.78 is 28.4. The molecule has 0 bridgehead atoms. The van der Waals surface area contributed by atoms with E-state index in [0.29, 0.717) is 19.3 Å². The van der Waals surface area contributed by atoms with Gasteiger partial charge >= 0.3 is 23.9 Å². The second-order valence-corrected chi connectivity index (χ2v) is 20.6. The van der Waals surface area contributed by atoms with Crippen LogP contribution in [0.3, 0.4) is 0 Å². The smallest absolute Gasteiger partial charge is 0.335 e. The average Bonchev–Trinajstić information content (AvgIpc) is 3.46. The highest BCUT2D eigenvalue weighted by molar-refractivity contribution is 5.74. The molecule has 0 aliphatic carbocycles. The van der Waals surface area contributed by atoms with Gasteiger partial charge in [-0.15, -0.1) is 0 Å². The van der Waals surface area contributed by atoms with E-state index in [2.05, 4.69) is 130 Å². The summed E-state index contributed by atoms with van der Waals surface area (Å²) >= 11 is 0. The van der Waals surface area contributed by atoms with Crippen molar-refractivity contribution in [1.82, 2.24) is 0 Å². The van der Waals surface area contributed by atoms with Gasteiger partial charge in [0, 0.05) is 19.3 Å². The van der Waals surface area contributed by atoms with Gasteiger partial charge in [-0.2, -0.15) is 0 Å². The van der Waals surface area contributed by atoms with Crippen LogP contribution in [0.4, 0.5) is 0 Å². The van der Waals surface area contributed by atoms with Crippen LogP contribution in [-0.2, 0) is 42.9 Å². The normalized spacial score (nSPS) is 18.6. The standard InChI is InChI=1S/C67H108O12/c1-4-7-10-13-16-19-22-25-28-30-33-35-38-41-44-47-50-53-59(68)75-56-58(77-60(69)54-51-48-45-42-39-37-34-31-29-26-23-20-17-14-11-8-5-2)57-76-67-65(63(72)62(71)64(79-67)66(73)74)78-61(70)55-52-49-46-43-40-36-32-27-24-21-18-15-12-9-6-3/h7,9-10,12,16-21,25-29,32-33,35,58,62-65,67,71-72H,4-6,8,11,13-15,22-24,30-31,34,36-57H2,1-3H3,(H,73,74)/b10-7-,12-9-,19-16-,20-17-,21-18-,28-25-,29-26-,32-27-,35-33-. The van der Waals surface area contributed by atoms with Crippen LogP contribution in [0.5, 0.6) is 0 Å². The summed E-state index contributed by atoms with van der Waals surface area (Å²) in [6.07, 6.45) is 60.4. The van der Waals surface area contributed by atoms with E-state index in [1.807, 2.05) is 0 Å². The third-order valence-electron chi connectivity index (χ3n) is 13.3. The van der Waals surface area contributed by atoms with Crippen LogP contribution in [0.1, 0.15) is 239 Å². The summed E-state index contributed by atoms with van der Waals surface area (Å²) in [6.45, 7) is 5.71. The number of unbranched alkanes of at least 4 members (excludes halogenated alkanes) is 19. The molecule has 1 heterocycles. The van der Waals surface area contributed by atoms with Crippen molar-refractivity contribution in [3.8, 4) is 0 Å². The number of esters is 3. The molecule has 1 aliphatic heterocycles. The lowest BCUT2D eigenvalue weighted by molar-refractivity contribution is -0.301. The molecule has 0 aromatic rings. The number of carboxylic acid groups (broad SMARTS) is 1. The number of aliphatic carboxylic acids is 1. The summed E-state index contributed by atoms with van der Waals surface area (Å²) in [6, 6.07) is 0. The van der Waals surface area contributed by atoms with Gasteiger partial charge in [0.05, 0.1) is 6.61 Å². The van der Waals surface area contributed by atoms with Crippen molar-refractivity contribution in [2.24, 2.45) is 0 Å². The number of hydrogen-bond donors (Lipinski definition) is 3. The number of aliphatic hydroxyl groups is 2. The highest BCUT2D eigenvalue weighted by atomic mass is 16.7. The minimum atomic E-state index is -1.92. The maximum atomic E-state index is 13.2. The number of carbonyl (C=O) groups excluding carboxylic acids is 3. The van der Waals surface area contributed by atoms with E-state index in [1.165, 1.54) is 19.3 Å². The molecule has 12 nitrogen and oxygen atoms in total. The Morgan fingerprint density at radius 3 is 1.22 bits per heavy atom. The van der Waals surface area contributed by atoms with Crippen LogP contribution in [0.2, 0.25) is 0 Å². The van der Waals surface area contributed by atoms with Gasteiger partial charge in [-0.05, 0) is 122 Å². The fraction of sp³-hybridized carbons (Fsp3) is 0.672. The highest BCUT2D eigenvalue weighted by Crippen LogP contribution is 2.26. The van der Waals surface area contributed by atoms with Crippen molar-refractivity contribution >= 4 is 23.9 Å². The van der Waals surface area contributed by atoms with Crippen LogP contribution < -0.4 is 0 Å². The number of ether oxygens (including phenoxy) is 5. The number of hydrogen-bond acceptors (Lipinski definition) is 11. The predicted molar refractivity (Wildman–Crippen MR) is 321 cm³/mol. The Bertz CT molecular complexity index is 1790. The van der Waals surface area contributed by atoms with E-state index < -0.39 is 67.3 Å². The monoisotopic (exact) mass is 1100 g/mol. The lowest BCUT2D eigenvalue weighted by Crippen LogP contribution is -2.61. The molecule has 6 unspecified atom stereocenters. The number of allylic oxidation sites excluding steroid dienone is 18. The van der Waals surface area contributed by atoms with Gasteiger partial charge in [-0.3, -0.25) is 14.4 Å². The molecular formula is C67H108O12. The van der Waals surface area contributed by atoms with Crippen molar-refractivity contribution in [1.29, 1.82) is 0 Å². The third-order valence-corrected chi connectivity index (χ3v) is 13.3. The molecule has 1 saturated heterocycles. The number of carbonyl (C=O) groups is 4. The van der Waals surface area contributed by atoms with Gasteiger partial charge in [0.1, 0.15) is 18.8 Å². The van der Waals surface area contributed by atoms with E-state index in [4.69, 9.17) is 23.7 Å². The van der Waals surface area contributed by atoms with Crippen molar-refractivity contribution in [2.45, 2.75) is 276 Å². The molecule has 448 valence electrons. The molecule has 0 aromatic carbocycles. The minimum absolute atomic E-state index is 0.0325. The van der Waals surface area contributed by atoms with Crippen LogP contribution in [0, 0.1) is 0 Å². The van der Waals surface area contributed by atoms with Gasteiger partial charge in [0.2, 0.25) is 0 Å². The Hall–Kier alpha value is -4.62. The second-order valence-electron chi connectivity index (χ2n) is 20.6. The van der Waals surface area contributed by atoms with E-state index in [-0.39, 0.29) is 25.9 Å². The Balaban J connectivity index is 2.72. The first-order valence-electron chi connectivity index (χ1n) is 30.9. The van der Waals surface area contributed by atoms with E-state index in [0.717, 1.165) is 161 Å². The largest absolute Gasteiger partial charge is 0.479 e. The summed E-state index contributed by atoms with van der Waals surface area (Å²) in [5, 5.41) is 31.5. The van der Waals surface area contributed by atoms with Crippen LogP contribution in [0.25, 0.3) is 0 Å². The highest BCUT2D eigenvalue weighted by Gasteiger charge is 2.50. The maximum Gasteiger partial charge on any atom is 0.335 e. The van der Waals surface area contributed by atoms with Crippen LogP contribution in [-0.4, -0.2) is 89.2 Å². The van der Waals surface area contributed by atoms with Crippen molar-refractivity contribution in [3.63, 3.8) is 0 Å². The first-order chi connectivity index (χ1) is 38.6. The lowest BCUT2D eigenvalue weighted by Gasteiger charge is -2.40. The molecule has 0 saturated carbocycles. The quantitative estimate of drug-likeness (QED) is 0.0228. The van der Waals surface area contributed by atoms with Crippen molar-refractivity contribution < 1.29 is 58.2 Å². The maximum absolute atomic E-state index is 13.2. The molecule has 1 rings (SSSR count). The van der Waals surface area contributed by atoms with Gasteiger partial charge in [-0.25, -0.2) is 4.79 Å². The number of carboxylic acids is 1. The van der Waals surface area contributed by atoms with Crippen molar-refractivity contribution in [3.05, 3.63) is 109 Å². The van der Waals surface area contributed by atoms with Crippen LogP contribution in [0.15, 0.2) is 109 Å². The van der Waals surface area contributed by atoms with Crippen LogP contribution >= 0.6 is 0 Å². The van der Waals surface area contributed by atoms with Gasteiger partial charge < -0.3 is 39.0 Å². The summed E-state index contributed by atoms with van der Waals surface area (Å²) in [5.74, 6) is -3.19. The zero-order valence-electron chi connectivity index (χ0n) is 49.3. The number of aliphatic hydroxyl groups excluding tert-OH is 2. The molecule has 12 heteroatoms. The molecular weight excluding hydrogens is 997 g/mol. The SMILES string of the molecule is CC/C=C\C/C=C\C/C=C\C/C=C\CCCCCCC(=O)OCC(COC1OC(C(=O)O)C(O)C(O)C1OC(=O)CCCCCCC/C=C\C/C=C\C/C=C\CC)OC(=O)CCCCCCCCC/C=C\C/C=C\CCCCC. The Morgan fingerprint density at radius 2 is 0.797 bits per heavy atom. The Morgan fingerprint density at radius 1 is 0.430 bits per heavy atom. The van der Waals surface area contributed by atoms with Crippen molar-refractivity contribution in [2.75, 3.05) is 13.2 Å². The zero-order chi connectivity index (χ0) is 57.5. The molecule has 3 N–H and O–H groups in total. The van der Waals surface area contributed by atoms with E-state index >= 15 is 0 Å². The first-order valence-corrected chi connectivity index (χ1v) is 30.9. The molecule has 0 spiro atoms. The zero-order valence-corrected chi connectivity index (χ0v) is 49.3. The van der Waals surface area contributed by atoms with E-state index in [1.54, 1.807) is 0 Å². The Labute approximate surface area is 478 Å². The average molecular weight is 1110 g/mol. The molecule has 79 heavy (non-hydrogen) atoms. The van der Waals surface area contributed by atoms with Gasteiger partial charge in [0.15, 0.2) is 24.6 Å².